The number of amides is 1. The average Bonchev–Trinajstić information content (AvgIpc) is 2.80. The van der Waals surface area contributed by atoms with Crippen molar-refractivity contribution in [1.82, 2.24) is 4.90 Å². The van der Waals surface area contributed by atoms with Crippen molar-refractivity contribution in [3.63, 3.8) is 0 Å². The number of hydrogen-bond donors (Lipinski definition) is 0. The minimum atomic E-state index is -0.378. The molecule has 158 valence electrons. The van der Waals surface area contributed by atoms with E-state index in [0.29, 0.717) is 25.1 Å². The molecule has 4 nitrogen and oxygen atoms in total. The highest BCUT2D eigenvalue weighted by molar-refractivity contribution is 5.95. The summed E-state index contributed by atoms with van der Waals surface area (Å²) in [5.41, 5.74) is 2.39. The highest BCUT2D eigenvalue weighted by atomic mass is 16.5. The smallest absolute Gasteiger partial charge is 0.254 e. The van der Waals surface area contributed by atoms with Gasteiger partial charge in [-0.15, -0.1) is 0 Å². The second kappa shape index (κ2) is 9.61. The van der Waals surface area contributed by atoms with Crippen molar-refractivity contribution in [2.45, 2.75) is 44.4 Å². The van der Waals surface area contributed by atoms with Crippen molar-refractivity contribution in [2.24, 2.45) is 0 Å². The van der Waals surface area contributed by atoms with Gasteiger partial charge in [0.05, 0.1) is 5.54 Å². The number of carbonyl (C=O) groups is 2. The summed E-state index contributed by atoms with van der Waals surface area (Å²) in [6.45, 7) is 0.983. The largest absolute Gasteiger partial charge is 0.489 e. The zero-order valence-electron chi connectivity index (χ0n) is 17.6. The van der Waals surface area contributed by atoms with Gasteiger partial charge in [-0.05, 0) is 54.7 Å². The number of hydrogen-bond acceptors (Lipinski definition) is 3. The van der Waals surface area contributed by atoms with E-state index >= 15 is 0 Å². The first kappa shape index (κ1) is 20.9. The third-order valence-corrected chi connectivity index (χ3v) is 6.10. The molecule has 31 heavy (non-hydrogen) atoms. The molecule has 1 amide bonds. The van der Waals surface area contributed by atoms with E-state index in [-0.39, 0.29) is 11.4 Å². The Morgan fingerprint density at radius 2 is 1.48 bits per heavy atom. The van der Waals surface area contributed by atoms with Gasteiger partial charge in [-0.25, -0.2) is 0 Å². The van der Waals surface area contributed by atoms with E-state index in [1.54, 1.807) is 0 Å². The van der Waals surface area contributed by atoms with Gasteiger partial charge < -0.3 is 14.4 Å². The summed E-state index contributed by atoms with van der Waals surface area (Å²) < 4.78 is 5.85. The molecule has 1 aliphatic rings. The lowest BCUT2D eigenvalue weighted by Crippen LogP contribution is -2.56. The summed E-state index contributed by atoms with van der Waals surface area (Å²) in [7, 11) is 0. The van der Waals surface area contributed by atoms with Crippen molar-refractivity contribution >= 4 is 12.2 Å². The number of aldehydes is 1. The van der Waals surface area contributed by atoms with E-state index in [9.17, 15) is 9.59 Å². The van der Waals surface area contributed by atoms with Crippen molar-refractivity contribution in [2.75, 3.05) is 0 Å². The fourth-order valence-electron chi connectivity index (χ4n) is 4.14. The standard InChI is InChI=1S/C27H27NO3/c29-19-18-27(16-7-17-27)28(20-22-8-3-1-4-9-22)26(30)24-12-14-25(15-13-24)31-21-23-10-5-2-6-11-23/h1-6,8-15,19H,7,16-18,20-21H2. The fraction of sp³-hybridized carbons (Fsp3) is 0.259. The number of carbonyl (C=O) groups excluding carboxylic acids is 2. The SMILES string of the molecule is O=CCC1(N(Cc2ccccc2)C(=O)c2ccc(OCc3ccccc3)cc2)CCC1. The number of rotatable bonds is 9. The van der Waals surface area contributed by atoms with Crippen LogP contribution in [0.3, 0.4) is 0 Å². The van der Waals surface area contributed by atoms with Crippen LogP contribution in [0.1, 0.15) is 47.2 Å². The van der Waals surface area contributed by atoms with Crippen LogP contribution in [0.15, 0.2) is 84.9 Å². The van der Waals surface area contributed by atoms with Crippen molar-refractivity contribution in [1.29, 1.82) is 0 Å². The summed E-state index contributed by atoms with van der Waals surface area (Å²) in [6.07, 6.45) is 4.10. The normalized spacial score (nSPS) is 14.3. The van der Waals surface area contributed by atoms with Crippen LogP contribution in [0.25, 0.3) is 0 Å². The maximum Gasteiger partial charge on any atom is 0.254 e. The van der Waals surface area contributed by atoms with Crippen molar-refractivity contribution in [3.8, 4) is 5.75 Å². The van der Waals surface area contributed by atoms with Crippen molar-refractivity contribution < 1.29 is 14.3 Å². The Morgan fingerprint density at radius 1 is 0.871 bits per heavy atom. The molecule has 4 heteroatoms. The van der Waals surface area contributed by atoms with E-state index in [4.69, 9.17) is 4.74 Å². The number of nitrogens with zero attached hydrogens (tertiary/aromatic N) is 1. The molecule has 1 aliphatic carbocycles. The Kier molecular flexibility index (Phi) is 6.46. The van der Waals surface area contributed by atoms with Gasteiger partial charge in [-0.2, -0.15) is 0 Å². The lowest BCUT2D eigenvalue weighted by molar-refractivity contribution is -0.111. The minimum Gasteiger partial charge on any atom is -0.489 e. The molecule has 0 radical (unpaired) electrons. The van der Waals surface area contributed by atoms with Crippen LogP contribution in [0.2, 0.25) is 0 Å². The zero-order chi connectivity index (χ0) is 21.5. The molecule has 0 bridgehead atoms. The van der Waals surface area contributed by atoms with Gasteiger partial charge in [0.1, 0.15) is 18.6 Å². The molecule has 1 fully saturated rings. The van der Waals surface area contributed by atoms with E-state index < -0.39 is 0 Å². The Hall–Kier alpha value is -3.40. The fourth-order valence-corrected chi connectivity index (χ4v) is 4.14. The van der Waals surface area contributed by atoms with Crippen LogP contribution in [-0.4, -0.2) is 22.6 Å². The molecule has 4 rings (SSSR count). The quantitative estimate of drug-likeness (QED) is 0.440. The lowest BCUT2D eigenvalue weighted by Gasteiger charge is -2.49. The predicted molar refractivity (Wildman–Crippen MR) is 121 cm³/mol. The van der Waals surface area contributed by atoms with Gasteiger partial charge in [-0.3, -0.25) is 4.79 Å². The lowest BCUT2D eigenvalue weighted by atomic mass is 9.72. The van der Waals surface area contributed by atoms with Gasteiger partial charge in [0.2, 0.25) is 0 Å². The third kappa shape index (κ3) is 4.85. The second-order valence-electron chi connectivity index (χ2n) is 8.12. The second-order valence-corrected chi connectivity index (χ2v) is 8.12. The van der Waals surface area contributed by atoms with Crippen LogP contribution in [0.4, 0.5) is 0 Å². The molecule has 0 aliphatic heterocycles. The molecule has 0 N–H and O–H groups in total. The molecule has 0 spiro atoms. The molecule has 1 saturated carbocycles. The summed E-state index contributed by atoms with van der Waals surface area (Å²) in [4.78, 5) is 26.8. The summed E-state index contributed by atoms with van der Waals surface area (Å²) in [6, 6.07) is 27.2. The summed E-state index contributed by atoms with van der Waals surface area (Å²) in [5, 5.41) is 0. The molecule has 0 heterocycles. The first-order chi connectivity index (χ1) is 15.2. The number of ether oxygens (including phenoxy) is 1. The van der Waals surface area contributed by atoms with Gasteiger partial charge >= 0.3 is 0 Å². The monoisotopic (exact) mass is 413 g/mol. The highest BCUT2D eigenvalue weighted by Gasteiger charge is 2.44. The third-order valence-electron chi connectivity index (χ3n) is 6.10. The molecule has 0 aromatic heterocycles. The molecule has 0 saturated heterocycles. The van der Waals surface area contributed by atoms with E-state index in [1.165, 1.54) is 0 Å². The van der Waals surface area contributed by atoms with Gasteiger partial charge in [0.25, 0.3) is 5.91 Å². The number of benzene rings is 3. The zero-order valence-corrected chi connectivity index (χ0v) is 17.6. The molecular formula is C27H27NO3. The highest BCUT2D eigenvalue weighted by Crippen LogP contribution is 2.41. The molecule has 3 aromatic rings. The van der Waals surface area contributed by atoms with E-state index in [1.807, 2.05) is 89.8 Å². The Balaban J connectivity index is 1.51. The predicted octanol–water partition coefficient (Wildman–Crippen LogP) is 5.42. The van der Waals surface area contributed by atoms with Crippen molar-refractivity contribution in [3.05, 3.63) is 102 Å². The van der Waals surface area contributed by atoms with E-state index in [0.717, 1.165) is 42.4 Å². The van der Waals surface area contributed by atoms with Crippen LogP contribution < -0.4 is 4.74 Å². The Bertz CT molecular complexity index is 996. The van der Waals surface area contributed by atoms with Gasteiger partial charge in [-0.1, -0.05) is 60.7 Å². The summed E-state index contributed by atoms with van der Waals surface area (Å²) in [5.74, 6) is 0.682. The van der Waals surface area contributed by atoms with E-state index in [2.05, 4.69) is 0 Å². The Labute approximate surface area is 183 Å². The minimum absolute atomic E-state index is 0.0417. The first-order valence-electron chi connectivity index (χ1n) is 10.8. The molecule has 0 unspecified atom stereocenters. The average molecular weight is 414 g/mol. The maximum absolute atomic E-state index is 13.5. The van der Waals surface area contributed by atoms with Crippen LogP contribution in [-0.2, 0) is 17.9 Å². The van der Waals surface area contributed by atoms with Crippen LogP contribution in [0.5, 0.6) is 5.75 Å². The molecule has 3 aromatic carbocycles. The van der Waals surface area contributed by atoms with Gasteiger partial charge in [0.15, 0.2) is 0 Å². The van der Waals surface area contributed by atoms with Gasteiger partial charge in [0, 0.05) is 18.5 Å². The topological polar surface area (TPSA) is 46.6 Å². The maximum atomic E-state index is 13.5. The molecular weight excluding hydrogens is 386 g/mol. The summed E-state index contributed by atoms with van der Waals surface area (Å²) >= 11 is 0. The van der Waals surface area contributed by atoms with Crippen LogP contribution in [0, 0.1) is 0 Å². The van der Waals surface area contributed by atoms with Crippen LogP contribution >= 0.6 is 0 Å². The molecule has 0 atom stereocenters. The Morgan fingerprint density at radius 3 is 2.03 bits per heavy atom. The first-order valence-corrected chi connectivity index (χ1v) is 10.8.